The molecule has 0 saturated heterocycles. The molecule has 6 rings (SSSR count). The van der Waals surface area contributed by atoms with E-state index in [1.807, 2.05) is 23.9 Å². The fraction of sp³-hybridized carbons (Fsp3) is 0.220. The molecule has 0 fully saturated rings. The molecule has 0 atom stereocenters. The quantitative estimate of drug-likeness (QED) is 0.0886. The zero-order chi connectivity index (χ0) is 39.2. The minimum atomic E-state index is 0.151. The Morgan fingerprint density at radius 1 is 0.491 bits per heavy atom. The predicted molar refractivity (Wildman–Crippen MR) is 218 cm³/mol. The Morgan fingerprint density at radius 2 is 0.818 bits per heavy atom. The van der Waals surface area contributed by atoms with E-state index in [4.69, 9.17) is 19.9 Å². The van der Waals surface area contributed by atoms with Gasteiger partial charge in [-0.15, -0.1) is 0 Å². The number of hydrogen-bond donors (Lipinski definition) is 4. The summed E-state index contributed by atoms with van der Waals surface area (Å²) in [5.74, 6) is 2.07. The van der Waals surface area contributed by atoms with Gasteiger partial charge in [0.05, 0.1) is 29.9 Å². The highest BCUT2D eigenvalue weighted by Crippen LogP contribution is 2.32. The molecule has 14 heteroatoms. The van der Waals surface area contributed by atoms with Gasteiger partial charge in [-0.05, 0) is 112 Å². The van der Waals surface area contributed by atoms with Gasteiger partial charge >= 0.3 is 0 Å². The summed E-state index contributed by atoms with van der Waals surface area (Å²) < 4.78 is 0. The molecule has 6 aromatic rings. The maximum absolute atomic E-state index is 9.26. The van der Waals surface area contributed by atoms with E-state index in [-0.39, 0.29) is 6.67 Å². The van der Waals surface area contributed by atoms with Gasteiger partial charge in [-0.25, -0.2) is 0 Å². The van der Waals surface area contributed by atoms with Crippen LogP contribution in [0.25, 0.3) is 0 Å². The molecule has 0 spiro atoms. The van der Waals surface area contributed by atoms with Gasteiger partial charge in [-0.3, -0.25) is 0 Å². The fourth-order valence-electron chi connectivity index (χ4n) is 6.62. The van der Waals surface area contributed by atoms with E-state index in [0.717, 1.165) is 33.6 Å². The van der Waals surface area contributed by atoms with E-state index in [2.05, 4.69) is 109 Å². The van der Waals surface area contributed by atoms with E-state index < -0.39 is 0 Å². The lowest BCUT2D eigenvalue weighted by Crippen LogP contribution is -2.22. The number of nitrogens with zero attached hydrogens (tertiary/aromatic N) is 10. The third kappa shape index (κ3) is 8.84. The van der Waals surface area contributed by atoms with Crippen molar-refractivity contribution >= 4 is 58.4 Å². The molecule has 0 aliphatic carbocycles. The monoisotopic (exact) mass is 730 g/mol. The Kier molecular flexibility index (Phi) is 11.0. The summed E-state index contributed by atoms with van der Waals surface area (Å²) in [4.78, 5) is 32.3. The Bertz CT molecular complexity index is 2210. The summed E-state index contributed by atoms with van der Waals surface area (Å²) in [6, 6.07) is 26.9. The standard InChI is InChI=1S/C41H42N14/c1-24-17-26(3)34(27(4)18-24)54(7)40-50-36(48-38(52-40)46-32-13-9-30(21-42)10-14-32)44-23-45-37-49-39(47-33-15-11-31(22-43)12-16-33)53-41(51-37)55(8)35-28(5)19-25(2)20-29(35)6/h9-20H,23H2,1-8H3,(H2,44,46,48,50,52)(H2,45,47,49,51,53). The van der Waals surface area contributed by atoms with Gasteiger partial charge in [-0.1, -0.05) is 35.4 Å². The number of anilines is 10. The van der Waals surface area contributed by atoms with Crippen molar-refractivity contribution in [1.82, 2.24) is 29.9 Å². The fourth-order valence-corrected chi connectivity index (χ4v) is 6.62. The minimum Gasteiger partial charge on any atom is -0.337 e. The number of hydrogen-bond acceptors (Lipinski definition) is 14. The first-order chi connectivity index (χ1) is 26.4. The second kappa shape index (κ2) is 16.1. The second-order valence-corrected chi connectivity index (χ2v) is 13.3. The molecular weight excluding hydrogens is 689 g/mol. The molecule has 276 valence electrons. The largest absolute Gasteiger partial charge is 0.337 e. The molecule has 14 nitrogen and oxygen atoms in total. The first kappa shape index (κ1) is 37.4. The van der Waals surface area contributed by atoms with Gasteiger partial charge < -0.3 is 31.1 Å². The van der Waals surface area contributed by atoms with Crippen LogP contribution in [0.3, 0.4) is 0 Å². The summed E-state index contributed by atoms with van der Waals surface area (Å²) in [7, 11) is 3.85. The van der Waals surface area contributed by atoms with E-state index in [1.54, 1.807) is 48.5 Å². The van der Waals surface area contributed by atoms with Crippen molar-refractivity contribution < 1.29 is 0 Å². The molecule has 2 heterocycles. The first-order valence-corrected chi connectivity index (χ1v) is 17.6. The van der Waals surface area contributed by atoms with Crippen molar-refractivity contribution in [2.24, 2.45) is 0 Å². The summed E-state index contributed by atoms with van der Waals surface area (Å²) >= 11 is 0. The van der Waals surface area contributed by atoms with Crippen LogP contribution >= 0.6 is 0 Å². The number of aromatic nitrogens is 6. The van der Waals surface area contributed by atoms with Gasteiger partial charge in [0.2, 0.25) is 35.7 Å². The number of nitriles is 2. The van der Waals surface area contributed by atoms with Crippen LogP contribution in [0.1, 0.15) is 44.5 Å². The summed E-state index contributed by atoms with van der Waals surface area (Å²) in [6.07, 6.45) is 0. The summed E-state index contributed by atoms with van der Waals surface area (Å²) in [5, 5.41) is 31.5. The molecule has 0 radical (unpaired) electrons. The maximum atomic E-state index is 9.26. The van der Waals surface area contributed by atoms with E-state index >= 15 is 0 Å². The molecule has 4 N–H and O–H groups in total. The maximum Gasteiger partial charge on any atom is 0.236 e. The van der Waals surface area contributed by atoms with Crippen molar-refractivity contribution in [1.29, 1.82) is 10.5 Å². The van der Waals surface area contributed by atoms with Crippen LogP contribution < -0.4 is 31.1 Å². The zero-order valence-electron chi connectivity index (χ0n) is 32.1. The third-order valence-electron chi connectivity index (χ3n) is 8.82. The number of benzene rings is 4. The number of aryl methyl sites for hydroxylation is 6. The van der Waals surface area contributed by atoms with Crippen LogP contribution in [-0.4, -0.2) is 50.7 Å². The van der Waals surface area contributed by atoms with Crippen molar-refractivity contribution in [3.05, 3.63) is 117 Å². The minimum absolute atomic E-state index is 0.151. The van der Waals surface area contributed by atoms with Gasteiger partial charge in [0.25, 0.3) is 0 Å². The summed E-state index contributed by atoms with van der Waals surface area (Å²) in [6.45, 7) is 12.6. The molecule has 0 saturated carbocycles. The molecule has 0 aliphatic rings. The van der Waals surface area contributed by atoms with Crippen molar-refractivity contribution in [2.45, 2.75) is 41.5 Å². The van der Waals surface area contributed by atoms with Crippen LogP contribution in [0.2, 0.25) is 0 Å². The van der Waals surface area contributed by atoms with Crippen molar-refractivity contribution in [3.8, 4) is 12.1 Å². The average Bonchev–Trinajstić information content (AvgIpc) is 3.14. The van der Waals surface area contributed by atoms with Gasteiger partial charge in [0.15, 0.2) is 0 Å². The van der Waals surface area contributed by atoms with E-state index in [9.17, 15) is 10.5 Å². The molecule has 4 aromatic carbocycles. The lowest BCUT2D eigenvalue weighted by atomic mass is 10.0. The molecule has 0 bridgehead atoms. The molecular formula is C41H42N14. The summed E-state index contributed by atoms with van der Waals surface area (Å²) in [5.41, 5.74) is 11.2. The molecule has 55 heavy (non-hydrogen) atoms. The van der Waals surface area contributed by atoms with Crippen molar-refractivity contribution in [2.75, 3.05) is 51.8 Å². The smallest absolute Gasteiger partial charge is 0.236 e. The van der Waals surface area contributed by atoms with Crippen LogP contribution in [0, 0.1) is 64.2 Å². The highest BCUT2D eigenvalue weighted by atomic mass is 15.4. The highest BCUT2D eigenvalue weighted by molar-refractivity contribution is 5.69. The first-order valence-electron chi connectivity index (χ1n) is 17.6. The van der Waals surface area contributed by atoms with Crippen LogP contribution in [-0.2, 0) is 0 Å². The lowest BCUT2D eigenvalue weighted by Gasteiger charge is -2.23. The Morgan fingerprint density at radius 3 is 1.15 bits per heavy atom. The van der Waals surface area contributed by atoms with Gasteiger partial charge in [0, 0.05) is 36.8 Å². The Labute approximate surface area is 321 Å². The van der Waals surface area contributed by atoms with Crippen molar-refractivity contribution in [3.63, 3.8) is 0 Å². The van der Waals surface area contributed by atoms with Gasteiger partial charge in [-0.2, -0.15) is 40.4 Å². The van der Waals surface area contributed by atoms with E-state index in [1.165, 1.54) is 11.1 Å². The van der Waals surface area contributed by atoms with E-state index in [0.29, 0.717) is 58.2 Å². The second-order valence-electron chi connectivity index (χ2n) is 13.3. The molecule has 0 amide bonds. The average molecular weight is 731 g/mol. The molecule has 0 unspecified atom stereocenters. The SMILES string of the molecule is Cc1cc(C)c(N(C)c2nc(NCNc3nc(Nc4ccc(C#N)cc4)nc(N(C)c4c(C)cc(C)cc4C)n3)nc(Nc3ccc(C#N)cc3)n2)c(C)c1. The predicted octanol–water partition coefficient (Wildman–Crippen LogP) is 8.15. The Hall–Kier alpha value is -7.32. The highest BCUT2D eigenvalue weighted by Gasteiger charge is 2.19. The number of rotatable bonds is 12. The Balaban J connectivity index is 1.31. The van der Waals surface area contributed by atoms with Gasteiger partial charge in [0.1, 0.15) is 0 Å². The molecule has 0 aliphatic heterocycles. The zero-order valence-corrected chi connectivity index (χ0v) is 32.1. The normalized spacial score (nSPS) is 10.6. The van der Waals surface area contributed by atoms with Crippen LogP contribution in [0.5, 0.6) is 0 Å². The lowest BCUT2D eigenvalue weighted by molar-refractivity contribution is 0.955. The van der Waals surface area contributed by atoms with Crippen LogP contribution in [0.15, 0.2) is 72.8 Å². The van der Waals surface area contributed by atoms with Crippen LogP contribution in [0.4, 0.5) is 58.4 Å². The molecule has 2 aromatic heterocycles. The number of nitrogens with one attached hydrogen (secondary N) is 4. The topological polar surface area (TPSA) is 180 Å². The third-order valence-corrected chi connectivity index (χ3v) is 8.82.